The Labute approximate surface area is 167 Å². The molecule has 2 aliphatic heterocycles. The lowest BCUT2D eigenvalue weighted by molar-refractivity contribution is -0.120. The van der Waals surface area contributed by atoms with E-state index in [1.54, 1.807) is 41.3 Å². The average Bonchev–Trinajstić information content (AvgIpc) is 2.98. The summed E-state index contributed by atoms with van der Waals surface area (Å²) in [5.74, 6) is -0.462. The van der Waals surface area contributed by atoms with Crippen LogP contribution in [0.1, 0.15) is 17.3 Å². The monoisotopic (exact) mass is 392 g/mol. The molecule has 0 bridgehead atoms. The maximum atomic E-state index is 12.9. The fourth-order valence-corrected chi connectivity index (χ4v) is 3.59. The first kappa shape index (κ1) is 18.7. The van der Waals surface area contributed by atoms with Crippen molar-refractivity contribution in [2.45, 2.75) is 13.0 Å². The number of ketones is 1. The Morgan fingerprint density at radius 1 is 0.966 bits per heavy atom. The Morgan fingerprint density at radius 2 is 1.66 bits per heavy atom. The highest BCUT2D eigenvalue weighted by atomic mass is 16.2. The standard InChI is InChI=1S/C21H20N4O4/c1-14(26)15-7-9-17(10-8-15)25-19(27)18-13-23(11-12-24(18)21(25)29)20(28)22-16-5-3-2-4-6-16/h2-10,18H,11-13H2,1H3,(H,22,28). The van der Waals surface area contributed by atoms with Gasteiger partial charge in [-0.05, 0) is 43.3 Å². The highest BCUT2D eigenvalue weighted by Crippen LogP contribution is 2.28. The number of carbonyl (C=O) groups is 4. The van der Waals surface area contributed by atoms with Gasteiger partial charge in [0.15, 0.2) is 5.78 Å². The summed E-state index contributed by atoms with van der Waals surface area (Å²) in [6.45, 7) is 2.20. The van der Waals surface area contributed by atoms with Gasteiger partial charge in [-0.2, -0.15) is 0 Å². The highest BCUT2D eigenvalue weighted by Gasteiger charge is 2.49. The van der Waals surface area contributed by atoms with Crippen LogP contribution in [0.2, 0.25) is 0 Å². The van der Waals surface area contributed by atoms with E-state index < -0.39 is 12.1 Å². The summed E-state index contributed by atoms with van der Waals surface area (Å²) in [5.41, 5.74) is 1.59. The summed E-state index contributed by atoms with van der Waals surface area (Å²) in [7, 11) is 0. The van der Waals surface area contributed by atoms with Crippen molar-refractivity contribution in [3.8, 4) is 0 Å². The lowest BCUT2D eigenvalue weighted by Gasteiger charge is -2.35. The van der Waals surface area contributed by atoms with Gasteiger partial charge in [-0.15, -0.1) is 0 Å². The third-order valence-corrected chi connectivity index (χ3v) is 5.17. The van der Waals surface area contributed by atoms with Crippen LogP contribution in [0.3, 0.4) is 0 Å². The molecule has 0 aromatic heterocycles. The van der Waals surface area contributed by atoms with Crippen LogP contribution < -0.4 is 10.2 Å². The number of imide groups is 1. The molecule has 0 spiro atoms. The van der Waals surface area contributed by atoms with Gasteiger partial charge < -0.3 is 15.1 Å². The summed E-state index contributed by atoms with van der Waals surface area (Å²) in [6, 6.07) is 14.0. The Kier molecular flexibility index (Phi) is 4.75. The number of carbonyl (C=O) groups excluding carboxylic acids is 4. The highest BCUT2D eigenvalue weighted by molar-refractivity contribution is 6.21. The van der Waals surface area contributed by atoms with Crippen molar-refractivity contribution in [2.75, 3.05) is 29.9 Å². The first-order valence-corrected chi connectivity index (χ1v) is 9.32. The molecule has 8 nitrogen and oxygen atoms in total. The van der Waals surface area contributed by atoms with E-state index in [9.17, 15) is 19.2 Å². The number of anilines is 2. The van der Waals surface area contributed by atoms with Gasteiger partial charge in [-0.3, -0.25) is 9.59 Å². The topological polar surface area (TPSA) is 90.0 Å². The number of urea groups is 2. The van der Waals surface area contributed by atoms with E-state index in [0.717, 1.165) is 4.90 Å². The van der Waals surface area contributed by atoms with Crippen molar-refractivity contribution < 1.29 is 19.2 Å². The van der Waals surface area contributed by atoms with Gasteiger partial charge in [0.05, 0.1) is 12.2 Å². The number of Topliss-reactive ketones (excluding diaryl/α,β-unsaturated/α-hetero) is 1. The summed E-state index contributed by atoms with van der Waals surface area (Å²) >= 11 is 0. The van der Waals surface area contributed by atoms with E-state index in [-0.39, 0.29) is 30.8 Å². The van der Waals surface area contributed by atoms with Crippen LogP contribution in [-0.2, 0) is 4.79 Å². The van der Waals surface area contributed by atoms with E-state index in [4.69, 9.17) is 0 Å². The Bertz CT molecular complexity index is 974. The first-order chi connectivity index (χ1) is 14.0. The third-order valence-electron chi connectivity index (χ3n) is 5.17. The lowest BCUT2D eigenvalue weighted by atomic mass is 10.1. The maximum absolute atomic E-state index is 12.9. The fourth-order valence-electron chi connectivity index (χ4n) is 3.59. The molecule has 0 aliphatic carbocycles. The predicted molar refractivity (Wildman–Crippen MR) is 107 cm³/mol. The summed E-state index contributed by atoms with van der Waals surface area (Å²) in [6.07, 6.45) is 0. The molecule has 148 valence electrons. The van der Waals surface area contributed by atoms with E-state index in [1.807, 2.05) is 18.2 Å². The zero-order chi connectivity index (χ0) is 20.5. The smallest absolute Gasteiger partial charge is 0.320 e. The SMILES string of the molecule is CC(=O)c1ccc(N2C(=O)C3CN(C(=O)Nc4ccccc4)CCN3C2=O)cc1. The number of hydrogen-bond acceptors (Lipinski definition) is 4. The minimum atomic E-state index is -0.717. The van der Waals surface area contributed by atoms with Gasteiger partial charge in [0.1, 0.15) is 6.04 Å². The van der Waals surface area contributed by atoms with Crippen LogP contribution in [0, 0.1) is 0 Å². The second kappa shape index (κ2) is 7.38. The zero-order valence-electron chi connectivity index (χ0n) is 15.9. The normalized spacial score (nSPS) is 18.7. The van der Waals surface area contributed by atoms with Gasteiger partial charge >= 0.3 is 12.1 Å². The molecular weight excluding hydrogens is 372 g/mol. The van der Waals surface area contributed by atoms with Gasteiger partial charge in [-0.1, -0.05) is 18.2 Å². The van der Waals surface area contributed by atoms with Crippen LogP contribution in [-0.4, -0.2) is 59.2 Å². The number of piperazine rings is 1. The van der Waals surface area contributed by atoms with Crippen LogP contribution in [0.5, 0.6) is 0 Å². The summed E-state index contributed by atoms with van der Waals surface area (Å²) < 4.78 is 0. The number of fused-ring (bicyclic) bond motifs is 1. The molecule has 1 N–H and O–H groups in total. The molecular formula is C21H20N4O4. The molecule has 2 aliphatic rings. The molecule has 2 heterocycles. The Morgan fingerprint density at radius 3 is 2.31 bits per heavy atom. The van der Waals surface area contributed by atoms with E-state index in [1.165, 1.54) is 11.8 Å². The fraction of sp³-hybridized carbons (Fsp3) is 0.238. The minimum absolute atomic E-state index is 0.0897. The van der Waals surface area contributed by atoms with Gasteiger partial charge in [0, 0.05) is 24.3 Å². The number of para-hydroxylation sites is 1. The molecule has 29 heavy (non-hydrogen) atoms. The van der Waals surface area contributed by atoms with Crippen LogP contribution in [0.25, 0.3) is 0 Å². The largest absolute Gasteiger partial charge is 0.332 e. The number of benzene rings is 2. The van der Waals surface area contributed by atoms with Crippen molar-refractivity contribution in [1.82, 2.24) is 9.80 Å². The van der Waals surface area contributed by atoms with Gasteiger partial charge in [-0.25, -0.2) is 14.5 Å². The molecule has 1 atom stereocenters. The number of hydrogen-bond donors (Lipinski definition) is 1. The molecule has 2 aromatic carbocycles. The third kappa shape index (κ3) is 3.44. The summed E-state index contributed by atoms with van der Waals surface area (Å²) in [5, 5.41) is 2.80. The quantitative estimate of drug-likeness (QED) is 0.642. The van der Waals surface area contributed by atoms with Crippen LogP contribution >= 0.6 is 0 Å². The van der Waals surface area contributed by atoms with Crippen LogP contribution in [0.15, 0.2) is 54.6 Å². The van der Waals surface area contributed by atoms with E-state index in [0.29, 0.717) is 23.5 Å². The molecule has 5 amide bonds. The lowest BCUT2D eigenvalue weighted by Crippen LogP contribution is -2.55. The number of amides is 5. The van der Waals surface area contributed by atoms with Crippen molar-refractivity contribution in [2.24, 2.45) is 0 Å². The van der Waals surface area contributed by atoms with Gasteiger partial charge in [0.2, 0.25) is 0 Å². The second-order valence-corrected chi connectivity index (χ2v) is 7.01. The summed E-state index contributed by atoms with van der Waals surface area (Å²) in [4.78, 5) is 53.9. The van der Waals surface area contributed by atoms with E-state index in [2.05, 4.69) is 5.32 Å². The zero-order valence-corrected chi connectivity index (χ0v) is 15.9. The maximum Gasteiger partial charge on any atom is 0.332 e. The minimum Gasteiger partial charge on any atom is -0.320 e. The first-order valence-electron chi connectivity index (χ1n) is 9.32. The Hall–Kier alpha value is -3.68. The Balaban J connectivity index is 1.49. The predicted octanol–water partition coefficient (Wildman–Crippen LogP) is 2.57. The molecule has 2 aromatic rings. The number of nitrogens with one attached hydrogen (secondary N) is 1. The second-order valence-electron chi connectivity index (χ2n) is 7.01. The van der Waals surface area contributed by atoms with Gasteiger partial charge in [0.25, 0.3) is 5.91 Å². The van der Waals surface area contributed by atoms with Crippen molar-refractivity contribution >= 4 is 35.1 Å². The van der Waals surface area contributed by atoms with E-state index >= 15 is 0 Å². The van der Waals surface area contributed by atoms with Crippen molar-refractivity contribution in [3.63, 3.8) is 0 Å². The molecule has 4 rings (SSSR count). The molecule has 2 saturated heterocycles. The molecule has 2 fully saturated rings. The van der Waals surface area contributed by atoms with Crippen molar-refractivity contribution in [1.29, 1.82) is 0 Å². The number of nitrogens with zero attached hydrogens (tertiary/aromatic N) is 3. The molecule has 0 saturated carbocycles. The van der Waals surface area contributed by atoms with Crippen LogP contribution in [0.4, 0.5) is 21.0 Å². The molecule has 1 unspecified atom stereocenters. The number of rotatable bonds is 3. The van der Waals surface area contributed by atoms with Crippen molar-refractivity contribution in [3.05, 3.63) is 60.2 Å². The molecule has 8 heteroatoms. The molecule has 0 radical (unpaired) electrons. The average molecular weight is 392 g/mol.